The number of rotatable bonds is 3. The number of halogens is 4. The lowest BCUT2D eigenvalue weighted by molar-refractivity contribution is -0.141. The number of aromatic nitrogens is 2. The predicted molar refractivity (Wildman–Crippen MR) is 73.3 cm³/mol. The first kappa shape index (κ1) is 14.1. The van der Waals surface area contributed by atoms with Crippen LogP contribution < -0.4 is 5.32 Å². The molecule has 1 saturated carbocycles. The van der Waals surface area contributed by atoms with E-state index in [1.54, 1.807) is 0 Å². The molecule has 0 saturated heterocycles. The van der Waals surface area contributed by atoms with Gasteiger partial charge in [0.25, 0.3) is 0 Å². The van der Waals surface area contributed by atoms with Crippen LogP contribution >= 0.6 is 11.6 Å². The Morgan fingerprint density at radius 3 is 2.52 bits per heavy atom. The van der Waals surface area contributed by atoms with Crippen molar-refractivity contribution >= 4 is 17.4 Å². The molecule has 2 unspecified atom stereocenters. The summed E-state index contributed by atoms with van der Waals surface area (Å²) in [5.41, 5.74) is 0.119. The van der Waals surface area contributed by atoms with E-state index < -0.39 is 17.2 Å². The lowest BCUT2D eigenvalue weighted by Gasteiger charge is -2.09. The number of nitrogens with one attached hydrogen (secondary N) is 1. The third-order valence-corrected chi connectivity index (χ3v) is 3.51. The second kappa shape index (κ2) is 5.18. The molecule has 2 atom stereocenters. The van der Waals surface area contributed by atoms with Crippen molar-refractivity contribution in [3.05, 3.63) is 52.9 Å². The fourth-order valence-electron chi connectivity index (χ4n) is 2.25. The highest BCUT2D eigenvalue weighted by Gasteiger charge is 2.39. The van der Waals surface area contributed by atoms with Gasteiger partial charge >= 0.3 is 6.18 Å². The van der Waals surface area contributed by atoms with Gasteiger partial charge in [-0.15, -0.1) is 0 Å². The first-order valence-corrected chi connectivity index (χ1v) is 6.74. The SMILES string of the molecule is FC(F)(F)c1cc(NC2CC2c2ccccc2)nc(Cl)n1. The Kier molecular flexibility index (Phi) is 3.49. The summed E-state index contributed by atoms with van der Waals surface area (Å²) in [5.74, 6) is 0.389. The van der Waals surface area contributed by atoms with Crippen LogP contribution in [0.4, 0.5) is 19.0 Å². The molecular weight excluding hydrogens is 303 g/mol. The first-order valence-electron chi connectivity index (χ1n) is 6.37. The summed E-state index contributed by atoms with van der Waals surface area (Å²) in [7, 11) is 0. The number of benzene rings is 1. The van der Waals surface area contributed by atoms with Gasteiger partial charge in [-0.1, -0.05) is 30.3 Å². The highest BCUT2D eigenvalue weighted by atomic mass is 35.5. The average Bonchev–Trinajstić information content (AvgIpc) is 3.17. The standard InChI is InChI=1S/C14H11ClF3N3/c15-13-20-11(14(16,17)18)7-12(21-13)19-10-6-9(10)8-4-2-1-3-5-8/h1-5,7,9-10H,6H2,(H,19,20,21). The molecule has 1 aliphatic rings. The molecule has 2 aromatic rings. The van der Waals surface area contributed by atoms with Gasteiger partial charge in [-0.25, -0.2) is 9.97 Å². The molecule has 0 amide bonds. The molecule has 1 aromatic heterocycles. The predicted octanol–water partition coefficient (Wildman–Crippen LogP) is 4.12. The number of hydrogen-bond acceptors (Lipinski definition) is 3. The maximum Gasteiger partial charge on any atom is 0.433 e. The summed E-state index contributed by atoms with van der Waals surface area (Å²) >= 11 is 5.55. The summed E-state index contributed by atoms with van der Waals surface area (Å²) in [5, 5.41) is 2.57. The zero-order valence-corrected chi connectivity index (χ0v) is 11.5. The molecule has 0 radical (unpaired) electrons. The van der Waals surface area contributed by atoms with E-state index in [0.29, 0.717) is 0 Å². The molecule has 0 spiro atoms. The first-order chi connectivity index (χ1) is 9.93. The maximum atomic E-state index is 12.7. The van der Waals surface area contributed by atoms with E-state index in [1.165, 1.54) is 0 Å². The summed E-state index contributed by atoms with van der Waals surface area (Å²) in [6.45, 7) is 0. The van der Waals surface area contributed by atoms with Crippen LogP contribution in [0, 0.1) is 0 Å². The Morgan fingerprint density at radius 2 is 1.86 bits per heavy atom. The van der Waals surface area contributed by atoms with Gasteiger partial charge in [0, 0.05) is 18.0 Å². The lowest BCUT2D eigenvalue weighted by Crippen LogP contribution is -2.12. The van der Waals surface area contributed by atoms with Crippen LogP contribution in [0.1, 0.15) is 23.6 Å². The Labute approximate surface area is 124 Å². The fraction of sp³-hybridized carbons (Fsp3) is 0.286. The normalized spacial score (nSPS) is 21.1. The molecule has 0 bridgehead atoms. The smallest absolute Gasteiger partial charge is 0.367 e. The number of hydrogen-bond donors (Lipinski definition) is 1. The molecule has 7 heteroatoms. The van der Waals surface area contributed by atoms with Crippen LogP contribution in [0.5, 0.6) is 0 Å². The van der Waals surface area contributed by atoms with Crippen molar-refractivity contribution in [2.24, 2.45) is 0 Å². The minimum atomic E-state index is -4.54. The van der Waals surface area contributed by atoms with Crippen LogP contribution in [0.25, 0.3) is 0 Å². The van der Waals surface area contributed by atoms with E-state index in [-0.39, 0.29) is 17.8 Å². The Balaban J connectivity index is 1.74. The molecule has 1 fully saturated rings. The average molecular weight is 314 g/mol. The minimum Gasteiger partial charge on any atom is -0.367 e. The quantitative estimate of drug-likeness (QED) is 0.866. The van der Waals surface area contributed by atoms with E-state index in [9.17, 15) is 13.2 Å². The molecule has 1 aliphatic carbocycles. The van der Waals surface area contributed by atoms with Gasteiger partial charge in [-0.05, 0) is 23.6 Å². The summed E-state index contributed by atoms with van der Waals surface area (Å²) in [4.78, 5) is 7.00. The van der Waals surface area contributed by atoms with Crippen LogP contribution in [-0.2, 0) is 6.18 Å². The van der Waals surface area contributed by atoms with Crippen molar-refractivity contribution in [2.75, 3.05) is 5.32 Å². The van der Waals surface area contributed by atoms with Crippen molar-refractivity contribution in [3.63, 3.8) is 0 Å². The molecule has 110 valence electrons. The third kappa shape index (κ3) is 3.26. The fourth-order valence-corrected chi connectivity index (χ4v) is 2.43. The molecular formula is C14H11ClF3N3. The zero-order chi connectivity index (χ0) is 15.0. The molecule has 0 aliphatic heterocycles. The van der Waals surface area contributed by atoms with Crippen LogP contribution in [0.15, 0.2) is 36.4 Å². The Hall–Kier alpha value is -1.82. The third-order valence-electron chi connectivity index (χ3n) is 3.34. The second-order valence-electron chi connectivity index (χ2n) is 4.91. The van der Waals surface area contributed by atoms with Gasteiger partial charge in [-0.2, -0.15) is 13.2 Å². The van der Waals surface area contributed by atoms with E-state index in [0.717, 1.165) is 18.1 Å². The summed E-state index contributed by atoms with van der Waals surface area (Å²) in [6.07, 6.45) is -3.68. The van der Waals surface area contributed by atoms with Gasteiger partial charge in [0.15, 0.2) is 5.69 Å². The van der Waals surface area contributed by atoms with Crippen molar-refractivity contribution in [2.45, 2.75) is 24.6 Å². The van der Waals surface area contributed by atoms with Crippen LogP contribution in [0.2, 0.25) is 5.28 Å². The summed E-state index contributed by atoms with van der Waals surface area (Å²) in [6, 6.07) is 10.8. The van der Waals surface area contributed by atoms with E-state index in [4.69, 9.17) is 11.6 Å². The minimum absolute atomic E-state index is 0.0689. The maximum absolute atomic E-state index is 12.7. The van der Waals surface area contributed by atoms with E-state index >= 15 is 0 Å². The molecule has 21 heavy (non-hydrogen) atoms. The monoisotopic (exact) mass is 313 g/mol. The highest BCUT2D eigenvalue weighted by molar-refractivity contribution is 6.28. The van der Waals surface area contributed by atoms with Gasteiger partial charge in [0.2, 0.25) is 5.28 Å². The Morgan fingerprint density at radius 1 is 1.14 bits per heavy atom. The summed E-state index contributed by atoms with van der Waals surface area (Å²) < 4.78 is 38.0. The lowest BCUT2D eigenvalue weighted by atomic mass is 10.1. The molecule has 1 N–H and O–H groups in total. The molecule has 1 heterocycles. The molecule has 3 nitrogen and oxygen atoms in total. The topological polar surface area (TPSA) is 37.8 Å². The van der Waals surface area contributed by atoms with E-state index in [1.807, 2.05) is 30.3 Å². The highest BCUT2D eigenvalue weighted by Crippen LogP contribution is 2.42. The number of anilines is 1. The zero-order valence-electron chi connectivity index (χ0n) is 10.7. The van der Waals surface area contributed by atoms with Gasteiger partial charge in [-0.3, -0.25) is 0 Å². The molecule has 3 rings (SSSR count). The Bertz CT molecular complexity index is 646. The van der Waals surface area contributed by atoms with Gasteiger partial charge in [0.1, 0.15) is 5.82 Å². The van der Waals surface area contributed by atoms with Crippen LogP contribution in [0.3, 0.4) is 0 Å². The van der Waals surface area contributed by atoms with Crippen molar-refractivity contribution < 1.29 is 13.2 Å². The van der Waals surface area contributed by atoms with Gasteiger partial charge < -0.3 is 5.32 Å². The van der Waals surface area contributed by atoms with E-state index in [2.05, 4.69) is 15.3 Å². The number of alkyl halides is 3. The number of nitrogens with zero attached hydrogens (tertiary/aromatic N) is 2. The van der Waals surface area contributed by atoms with Crippen molar-refractivity contribution in [1.29, 1.82) is 0 Å². The van der Waals surface area contributed by atoms with Crippen molar-refractivity contribution in [3.8, 4) is 0 Å². The second-order valence-corrected chi connectivity index (χ2v) is 5.25. The van der Waals surface area contributed by atoms with Gasteiger partial charge in [0.05, 0.1) is 0 Å². The molecule has 1 aromatic carbocycles. The van der Waals surface area contributed by atoms with Crippen LogP contribution in [-0.4, -0.2) is 16.0 Å². The largest absolute Gasteiger partial charge is 0.433 e. The van der Waals surface area contributed by atoms with Crippen molar-refractivity contribution in [1.82, 2.24) is 9.97 Å².